The number of para-hydroxylation sites is 2. The van der Waals surface area contributed by atoms with Crippen molar-refractivity contribution in [3.8, 4) is 22.8 Å². The van der Waals surface area contributed by atoms with Gasteiger partial charge in [-0.15, -0.1) is 0 Å². The number of halogens is 1. The molecule has 0 aliphatic carbocycles. The van der Waals surface area contributed by atoms with E-state index >= 15 is 0 Å². The lowest BCUT2D eigenvalue weighted by Gasteiger charge is -2.14. The summed E-state index contributed by atoms with van der Waals surface area (Å²) in [6.07, 6.45) is 2.40. The summed E-state index contributed by atoms with van der Waals surface area (Å²) in [4.78, 5) is 16.7. The van der Waals surface area contributed by atoms with Crippen molar-refractivity contribution >= 4 is 17.5 Å². The lowest BCUT2D eigenvalue weighted by molar-refractivity contribution is -0.123. The Labute approximate surface area is 174 Å². The second-order valence-corrected chi connectivity index (χ2v) is 7.34. The Kier molecular flexibility index (Phi) is 5.67. The predicted octanol–water partition coefficient (Wildman–Crippen LogP) is 4.21. The molecule has 29 heavy (non-hydrogen) atoms. The van der Waals surface area contributed by atoms with Gasteiger partial charge < -0.3 is 14.8 Å². The number of aryl methyl sites for hydroxylation is 1. The van der Waals surface area contributed by atoms with Gasteiger partial charge in [0.25, 0.3) is 5.91 Å². The third-order valence-electron chi connectivity index (χ3n) is 4.82. The summed E-state index contributed by atoms with van der Waals surface area (Å²) in [5.74, 6) is 1.12. The van der Waals surface area contributed by atoms with E-state index in [0.29, 0.717) is 17.3 Å². The topological polar surface area (TPSA) is 60.5 Å². The van der Waals surface area contributed by atoms with Crippen LogP contribution in [0.5, 0.6) is 11.5 Å². The van der Waals surface area contributed by atoms with Crippen molar-refractivity contribution in [3.63, 3.8) is 0 Å². The maximum absolute atomic E-state index is 12.1. The Morgan fingerprint density at radius 3 is 2.90 bits per heavy atom. The van der Waals surface area contributed by atoms with Gasteiger partial charge >= 0.3 is 0 Å². The lowest BCUT2D eigenvalue weighted by atomic mass is 10.0. The highest BCUT2D eigenvalue weighted by Gasteiger charge is 2.26. The van der Waals surface area contributed by atoms with E-state index in [4.69, 9.17) is 21.1 Å². The Balaban J connectivity index is 1.36. The minimum Gasteiger partial charge on any atom is -0.487 e. The largest absolute Gasteiger partial charge is 0.487 e. The van der Waals surface area contributed by atoms with E-state index in [1.54, 1.807) is 18.3 Å². The first kappa shape index (κ1) is 19.3. The molecule has 1 atom stereocenters. The molecule has 0 bridgehead atoms. The van der Waals surface area contributed by atoms with Crippen LogP contribution in [0.15, 0.2) is 60.8 Å². The first-order valence-electron chi connectivity index (χ1n) is 9.46. The zero-order chi connectivity index (χ0) is 20.2. The van der Waals surface area contributed by atoms with Gasteiger partial charge in [0.05, 0.1) is 17.3 Å². The van der Waals surface area contributed by atoms with Gasteiger partial charge in [0.2, 0.25) is 0 Å². The highest BCUT2D eigenvalue weighted by atomic mass is 35.5. The van der Waals surface area contributed by atoms with Crippen molar-refractivity contribution in [2.75, 3.05) is 13.2 Å². The predicted molar refractivity (Wildman–Crippen MR) is 112 cm³/mol. The molecule has 2 aromatic carbocycles. The summed E-state index contributed by atoms with van der Waals surface area (Å²) in [6, 6.07) is 17.1. The second-order valence-electron chi connectivity index (χ2n) is 6.93. The molecule has 4 rings (SSSR count). The number of aromatic nitrogens is 1. The van der Waals surface area contributed by atoms with E-state index in [1.165, 1.54) is 0 Å². The third-order valence-corrected chi connectivity index (χ3v) is 5.13. The number of pyridine rings is 1. The van der Waals surface area contributed by atoms with Crippen LogP contribution in [0.4, 0.5) is 0 Å². The molecule has 0 saturated heterocycles. The summed E-state index contributed by atoms with van der Waals surface area (Å²) >= 11 is 6.03. The minimum absolute atomic E-state index is 0.0955. The number of carbonyl (C=O) groups is 1. The van der Waals surface area contributed by atoms with Gasteiger partial charge in [0, 0.05) is 18.2 Å². The fourth-order valence-corrected chi connectivity index (χ4v) is 3.58. The highest BCUT2D eigenvalue weighted by Crippen LogP contribution is 2.38. The summed E-state index contributed by atoms with van der Waals surface area (Å²) in [7, 11) is 0. The standard InChI is InChI=1S/C23H21ClN2O3/c1-15-6-5-11-25-22(15)18-8-4-7-16-12-17(29-23(16)18)13-26-21(27)14-28-20-10-3-2-9-19(20)24/h2-11,17H,12-14H2,1H3,(H,26,27)/t17-/m1/s1. The molecule has 0 unspecified atom stereocenters. The van der Waals surface area contributed by atoms with E-state index in [0.717, 1.165) is 34.6 Å². The molecular weight excluding hydrogens is 388 g/mol. The highest BCUT2D eigenvalue weighted by molar-refractivity contribution is 6.32. The van der Waals surface area contributed by atoms with Crippen LogP contribution in [0, 0.1) is 6.92 Å². The number of hydrogen-bond acceptors (Lipinski definition) is 4. The number of hydrogen-bond donors (Lipinski definition) is 1. The van der Waals surface area contributed by atoms with E-state index in [2.05, 4.69) is 16.4 Å². The smallest absolute Gasteiger partial charge is 0.258 e. The molecule has 1 aromatic heterocycles. The monoisotopic (exact) mass is 408 g/mol. The van der Waals surface area contributed by atoms with E-state index in [-0.39, 0.29) is 18.6 Å². The summed E-state index contributed by atoms with van der Waals surface area (Å²) < 4.78 is 11.6. The Hall–Kier alpha value is -3.05. The van der Waals surface area contributed by atoms with E-state index in [1.807, 2.05) is 43.3 Å². The summed E-state index contributed by atoms with van der Waals surface area (Å²) in [5, 5.41) is 3.35. The van der Waals surface area contributed by atoms with Crippen LogP contribution in [0.3, 0.4) is 0 Å². The van der Waals surface area contributed by atoms with Gasteiger partial charge in [-0.3, -0.25) is 9.78 Å². The number of amides is 1. The van der Waals surface area contributed by atoms with Gasteiger partial charge in [-0.25, -0.2) is 0 Å². The van der Waals surface area contributed by atoms with Crippen LogP contribution < -0.4 is 14.8 Å². The van der Waals surface area contributed by atoms with Gasteiger partial charge in [0.1, 0.15) is 17.6 Å². The van der Waals surface area contributed by atoms with Crippen molar-refractivity contribution < 1.29 is 14.3 Å². The Bertz CT molecular complexity index is 1040. The average Bonchev–Trinajstić information content (AvgIpc) is 3.15. The quantitative estimate of drug-likeness (QED) is 0.663. The molecule has 0 saturated carbocycles. The number of rotatable bonds is 6. The van der Waals surface area contributed by atoms with Crippen LogP contribution >= 0.6 is 11.6 Å². The molecule has 1 amide bonds. The summed E-state index contributed by atoms with van der Waals surface area (Å²) in [5.41, 5.74) is 4.12. The number of carbonyl (C=O) groups excluding carboxylic acids is 1. The normalized spacial score (nSPS) is 14.8. The second kappa shape index (κ2) is 8.53. The minimum atomic E-state index is -0.217. The van der Waals surface area contributed by atoms with Crippen LogP contribution in [0.2, 0.25) is 5.02 Å². The van der Waals surface area contributed by atoms with E-state index < -0.39 is 0 Å². The number of benzene rings is 2. The molecule has 1 aliphatic rings. The maximum atomic E-state index is 12.1. The molecule has 0 spiro atoms. The Morgan fingerprint density at radius 1 is 1.21 bits per heavy atom. The van der Waals surface area contributed by atoms with Gasteiger partial charge in [-0.05, 0) is 42.3 Å². The number of ether oxygens (including phenoxy) is 2. The number of nitrogens with one attached hydrogen (secondary N) is 1. The Morgan fingerprint density at radius 2 is 2.07 bits per heavy atom. The molecule has 0 fully saturated rings. The molecule has 0 radical (unpaired) electrons. The number of nitrogens with zero attached hydrogens (tertiary/aromatic N) is 1. The molecule has 2 heterocycles. The van der Waals surface area contributed by atoms with Crippen molar-refractivity contribution in [1.82, 2.24) is 10.3 Å². The van der Waals surface area contributed by atoms with Gasteiger partial charge in [-0.1, -0.05) is 41.9 Å². The molecular formula is C23H21ClN2O3. The average molecular weight is 409 g/mol. The molecule has 148 valence electrons. The molecule has 3 aromatic rings. The van der Waals surface area contributed by atoms with Crippen LogP contribution in [-0.4, -0.2) is 30.1 Å². The lowest BCUT2D eigenvalue weighted by Crippen LogP contribution is -2.37. The zero-order valence-corrected chi connectivity index (χ0v) is 16.8. The van der Waals surface area contributed by atoms with Gasteiger partial charge in [0.15, 0.2) is 6.61 Å². The summed E-state index contributed by atoms with van der Waals surface area (Å²) in [6.45, 7) is 2.34. The van der Waals surface area contributed by atoms with Gasteiger partial charge in [-0.2, -0.15) is 0 Å². The van der Waals surface area contributed by atoms with Crippen LogP contribution in [0.1, 0.15) is 11.1 Å². The van der Waals surface area contributed by atoms with Crippen LogP contribution in [-0.2, 0) is 11.2 Å². The number of fused-ring (bicyclic) bond motifs is 1. The zero-order valence-electron chi connectivity index (χ0n) is 16.0. The fourth-order valence-electron chi connectivity index (χ4n) is 3.39. The fraction of sp³-hybridized carbons (Fsp3) is 0.217. The van der Waals surface area contributed by atoms with E-state index in [9.17, 15) is 4.79 Å². The first-order chi connectivity index (χ1) is 14.1. The maximum Gasteiger partial charge on any atom is 0.258 e. The first-order valence-corrected chi connectivity index (χ1v) is 9.84. The molecule has 5 nitrogen and oxygen atoms in total. The van der Waals surface area contributed by atoms with Crippen molar-refractivity contribution in [2.24, 2.45) is 0 Å². The third kappa shape index (κ3) is 4.35. The molecule has 1 N–H and O–H groups in total. The molecule has 1 aliphatic heterocycles. The van der Waals surface area contributed by atoms with Crippen molar-refractivity contribution in [1.29, 1.82) is 0 Å². The van der Waals surface area contributed by atoms with Crippen molar-refractivity contribution in [2.45, 2.75) is 19.4 Å². The van der Waals surface area contributed by atoms with Crippen LogP contribution in [0.25, 0.3) is 11.3 Å². The molecule has 6 heteroatoms. The SMILES string of the molecule is Cc1cccnc1-c1cccc2c1O[C@@H](CNC(=O)COc1ccccc1Cl)C2. The van der Waals surface area contributed by atoms with Crippen molar-refractivity contribution in [3.05, 3.63) is 76.9 Å².